The SMILES string of the molecule is CCCCCCCCS(=O)(=O)ON=C(C)c1ccc(C(OO)C(C)(C)CC)cc1. The van der Waals surface area contributed by atoms with Crippen molar-refractivity contribution in [1.29, 1.82) is 0 Å². The zero-order chi connectivity index (χ0) is 21.9. The molecule has 1 N–H and O–H groups in total. The van der Waals surface area contributed by atoms with Crippen molar-refractivity contribution < 1.29 is 22.8 Å². The van der Waals surface area contributed by atoms with E-state index in [1.165, 1.54) is 12.8 Å². The van der Waals surface area contributed by atoms with Gasteiger partial charge in [0.2, 0.25) is 0 Å². The van der Waals surface area contributed by atoms with Gasteiger partial charge in [0.25, 0.3) is 0 Å². The predicted molar refractivity (Wildman–Crippen MR) is 117 cm³/mol. The molecule has 1 rings (SSSR count). The van der Waals surface area contributed by atoms with Crippen molar-refractivity contribution in [3.8, 4) is 0 Å². The lowest BCUT2D eigenvalue weighted by atomic mass is 9.80. The molecule has 7 heteroatoms. The van der Waals surface area contributed by atoms with Crippen LogP contribution in [0.5, 0.6) is 0 Å². The summed E-state index contributed by atoms with van der Waals surface area (Å²) in [6.07, 6.45) is 6.40. The molecule has 1 unspecified atom stereocenters. The molecule has 0 radical (unpaired) electrons. The van der Waals surface area contributed by atoms with E-state index in [0.717, 1.165) is 36.8 Å². The molecule has 1 aromatic rings. The number of oxime groups is 1. The van der Waals surface area contributed by atoms with Crippen molar-refractivity contribution in [2.24, 2.45) is 10.6 Å². The first-order chi connectivity index (χ1) is 13.7. The van der Waals surface area contributed by atoms with E-state index in [2.05, 4.69) is 12.1 Å². The zero-order valence-corrected chi connectivity index (χ0v) is 19.3. The van der Waals surface area contributed by atoms with Crippen LogP contribution in [0.4, 0.5) is 0 Å². The second kappa shape index (κ2) is 12.3. The standard InChI is InChI=1S/C22H37NO5S/c1-6-8-9-10-11-12-17-29(25,26)28-23-18(3)19-13-15-20(16-14-19)21(27-24)22(4,5)7-2/h13-16,21,24H,6-12,17H2,1-5H3. The summed E-state index contributed by atoms with van der Waals surface area (Å²) in [6, 6.07) is 7.32. The number of nitrogens with zero attached hydrogens (tertiary/aromatic N) is 1. The minimum Gasteiger partial charge on any atom is -0.268 e. The van der Waals surface area contributed by atoms with Crippen molar-refractivity contribution in [3.63, 3.8) is 0 Å². The molecule has 1 aromatic carbocycles. The number of hydrogen-bond donors (Lipinski definition) is 1. The van der Waals surface area contributed by atoms with E-state index < -0.39 is 16.2 Å². The van der Waals surface area contributed by atoms with Gasteiger partial charge in [0, 0.05) is 0 Å². The van der Waals surface area contributed by atoms with Crippen LogP contribution in [0.3, 0.4) is 0 Å². The highest BCUT2D eigenvalue weighted by Crippen LogP contribution is 2.38. The molecule has 0 heterocycles. The fourth-order valence-electron chi connectivity index (χ4n) is 3.00. The van der Waals surface area contributed by atoms with Gasteiger partial charge in [0.05, 0.1) is 11.5 Å². The summed E-state index contributed by atoms with van der Waals surface area (Å²) in [4.78, 5) is 4.72. The minimum atomic E-state index is -3.67. The normalized spacial score (nSPS) is 14.1. The van der Waals surface area contributed by atoms with Gasteiger partial charge >= 0.3 is 10.1 Å². The summed E-state index contributed by atoms with van der Waals surface area (Å²) in [6.45, 7) is 9.94. The number of hydrogen-bond acceptors (Lipinski definition) is 6. The van der Waals surface area contributed by atoms with Crippen LogP contribution >= 0.6 is 0 Å². The van der Waals surface area contributed by atoms with Crippen LogP contribution < -0.4 is 0 Å². The summed E-state index contributed by atoms with van der Waals surface area (Å²) >= 11 is 0. The average molecular weight is 428 g/mol. The summed E-state index contributed by atoms with van der Waals surface area (Å²) in [7, 11) is -3.67. The Balaban J connectivity index is 2.66. The maximum atomic E-state index is 12.0. The molecule has 6 nitrogen and oxygen atoms in total. The highest BCUT2D eigenvalue weighted by atomic mass is 32.2. The van der Waals surface area contributed by atoms with Crippen LogP contribution in [-0.2, 0) is 19.3 Å². The fraction of sp³-hybridized carbons (Fsp3) is 0.682. The first-order valence-electron chi connectivity index (χ1n) is 10.5. The fourth-order valence-corrected chi connectivity index (χ4v) is 3.86. The third-order valence-corrected chi connectivity index (χ3v) is 6.48. The molecule has 0 aliphatic heterocycles. The molecule has 0 spiro atoms. The third-order valence-electron chi connectivity index (χ3n) is 5.39. The van der Waals surface area contributed by atoms with Crippen molar-refractivity contribution in [2.45, 2.75) is 85.7 Å². The Bertz CT molecular complexity index is 726. The van der Waals surface area contributed by atoms with E-state index in [4.69, 9.17) is 9.17 Å². The Kier molecular flexibility index (Phi) is 10.9. The van der Waals surface area contributed by atoms with Crippen LogP contribution in [0.1, 0.15) is 96.8 Å². The molecule has 0 aromatic heterocycles. The molecule has 0 amide bonds. The van der Waals surface area contributed by atoms with Crippen LogP contribution in [0.2, 0.25) is 0 Å². The Morgan fingerprint density at radius 1 is 1.07 bits per heavy atom. The van der Waals surface area contributed by atoms with Gasteiger partial charge in [-0.25, -0.2) is 4.89 Å². The molecule has 0 bridgehead atoms. The Morgan fingerprint density at radius 2 is 1.66 bits per heavy atom. The topological polar surface area (TPSA) is 85.2 Å². The van der Waals surface area contributed by atoms with Gasteiger partial charge in [-0.15, -0.1) is 0 Å². The molecular weight excluding hydrogens is 390 g/mol. The molecule has 0 saturated heterocycles. The minimum absolute atomic E-state index is 0.0174. The molecule has 166 valence electrons. The first-order valence-corrected chi connectivity index (χ1v) is 12.1. The summed E-state index contributed by atoms with van der Waals surface area (Å²) in [5.41, 5.74) is 1.83. The highest BCUT2D eigenvalue weighted by Gasteiger charge is 2.30. The number of unbranched alkanes of at least 4 members (excludes halogenated alkanes) is 5. The van der Waals surface area contributed by atoms with Crippen molar-refractivity contribution in [3.05, 3.63) is 35.4 Å². The monoisotopic (exact) mass is 427 g/mol. The Morgan fingerprint density at radius 3 is 2.21 bits per heavy atom. The molecule has 0 saturated carbocycles. The van der Waals surface area contributed by atoms with Crippen LogP contribution in [0.25, 0.3) is 0 Å². The van der Waals surface area contributed by atoms with E-state index >= 15 is 0 Å². The van der Waals surface area contributed by atoms with Gasteiger partial charge in [0.1, 0.15) is 6.10 Å². The van der Waals surface area contributed by atoms with Crippen LogP contribution in [-0.4, -0.2) is 25.1 Å². The Labute approximate surface area is 176 Å². The van der Waals surface area contributed by atoms with Gasteiger partial charge < -0.3 is 0 Å². The van der Waals surface area contributed by atoms with E-state index in [1.54, 1.807) is 6.92 Å². The van der Waals surface area contributed by atoms with E-state index in [9.17, 15) is 13.7 Å². The average Bonchev–Trinajstić information content (AvgIpc) is 2.69. The number of rotatable bonds is 14. The maximum absolute atomic E-state index is 12.0. The van der Waals surface area contributed by atoms with Crippen LogP contribution in [0, 0.1) is 5.41 Å². The van der Waals surface area contributed by atoms with E-state index in [-0.39, 0.29) is 11.2 Å². The van der Waals surface area contributed by atoms with Crippen molar-refractivity contribution >= 4 is 15.8 Å². The lowest BCUT2D eigenvalue weighted by Crippen LogP contribution is -2.23. The second-order valence-electron chi connectivity index (χ2n) is 8.23. The lowest BCUT2D eigenvalue weighted by molar-refractivity contribution is -0.305. The van der Waals surface area contributed by atoms with Gasteiger partial charge in [0.15, 0.2) is 0 Å². The third kappa shape index (κ3) is 8.84. The van der Waals surface area contributed by atoms with Crippen molar-refractivity contribution in [1.82, 2.24) is 0 Å². The molecule has 0 fully saturated rings. The molecule has 0 aliphatic rings. The summed E-state index contributed by atoms with van der Waals surface area (Å²) < 4.78 is 28.9. The molecular formula is C22H37NO5S. The molecule has 0 aliphatic carbocycles. The first kappa shape index (κ1) is 25.6. The second-order valence-corrected chi connectivity index (χ2v) is 9.90. The smallest absolute Gasteiger partial charge is 0.268 e. The maximum Gasteiger partial charge on any atom is 0.328 e. The van der Waals surface area contributed by atoms with Gasteiger partial charge in [-0.3, -0.25) is 9.54 Å². The largest absolute Gasteiger partial charge is 0.328 e. The summed E-state index contributed by atoms with van der Waals surface area (Å²) in [5, 5.41) is 13.1. The van der Waals surface area contributed by atoms with Crippen LogP contribution in [0.15, 0.2) is 29.4 Å². The van der Waals surface area contributed by atoms with E-state index in [0.29, 0.717) is 12.1 Å². The zero-order valence-electron chi connectivity index (χ0n) is 18.5. The van der Waals surface area contributed by atoms with Gasteiger partial charge in [-0.05, 0) is 36.3 Å². The highest BCUT2D eigenvalue weighted by molar-refractivity contribution is 7.86. The van der Waals surface area contributed by atoms with Crippen molar-refractivity contribution in [2.75, 3.05) is 5.75 Å². The number of benzene rings is 1. The van der Waals surface area contributed by atoms with E-state index in [1.807, 2.05) is 45.0 Å². The quantitative estimate of drug-likeness (QED) is 0.168. The Hall–Kier alpha value is -1.44. The lowest BCUT2D eigenvalue weighted by Gasteiger charge is -2.31. The molecule has 29 heavy (non-hydrogen) atoms. The molecule has 1 atom stereocenters. The van der Waals surface area contributed by atoms with Gasteiger partial charge in [-0.2, -0.15) is 8.42 Å². The van der Waals surface area contributed by atoms with Gasteiger partial charge in [-0.1, -0.05) is 89.2 Å². The predicted octanol–water partition coefficient (Wildman–Crippen LogP) is 6.08. The summed E-state index contributed by atoms with van der Waals surface area (Å²) in [5.74, 6) is -0.0174.